The number of rotatable bonds is 2. The first-order valence-corrected chi connectivity index (χ1v) is 4.86. The minimum absolute atomic E-state index is 0.242. The summed E-state index contributed by atoms with van der Waals surface area (Å²) in [6.45, 7) is 0. The molecule has 0 aliphatic carbocycles. The summed E-state index contributed by atoms with van der Waals surface area (Å²) in [6.07, 6.45) is -9.68. The van der Waals surface area contributed by atoms with Crippen molar-refractivity contribution < 1.29 is 41.4 Å². The van der Waals surface area contributed by atoms with Crippen LogP contribution in [0.5, 0.6) is 5.75 Å². The number of carbonyl (C=O) groups is 1. The highest BCUT2D eigenvalue weighted by atomic mass is 19.4. The third kappa shape index (κ3) is 3.43. The van der Waals surface area contributed by atoms with Crippen molar-refractivity contribution in [3.63, 3.8) is 0 Å². The molecule has 9 heteroatoms. The number of carboxylic acid groups (broad SMARTS) is 1. The Labute approximate surface area is 107 Å². The molecule has 0 heterocycles. The number of aromatic hydroxyl groups is 1. The predicted molar refractivity (Wildman–Crippen MR) is 54.8 cm³/mol. The Morgan fingerprint density at radius 2 is 1.60 bits per heavy atom. The van der Waals surface area contributed by atoms with Crippen LogP contribution in [-0.2, 0) is 17.1 Å². The van der Waals surface area contributed by atoms with Gasteiger partial charge in [-0.1, -0.05) is 6.07 Å². The number of halogens is 6. The van der Waals surface area contributed by atoms with Crippen molar-refractivity contribution in [3.05, 3.63) is 34.9 Å². The number of alkyl halides is 6. The highest BCUT2D eigenvalue weighted by Gasteiger charge is 2.42. The van der Waals surface area contributed by atoms with Gasteiger partial charge in [-0.15, -0.1) is 0 Å². The van der Waals surface area contributed by atoms with E-state index in [0.29, 0.717) is 18.2 Å². The van der Waals surface area contributed by atoms with Crippen molar-refractivity contribution >= 4 is 12.0 Å². The van der Waals surface area contributed by atoms with Crippen molar-refractivity contribution in [1.82, 2.24) is 0 Å². The quantitative estimate of drug-likeness (QED) is 0.649. The predicted octanol–water partition coefficient (Wildman–Crippen LogP) is 3.53. The van der Waals surface area contributed by atoms with Crippen LogP contribution in [0.15, 0.2) is 18.2 Å². The average molecular weight is 300 g/mol. The van der Waals surface area contributed by atoms with E-state index in [2.05, 4.69) is 0 Å². The molecule has 0 spiro atoms. The van der Waals surface area contributed by atoms with Crippen LogP contribution in [0.2, 0.25) is 0 Å². The van der Waals surface area contributed by atoms with E-state index < -0.39 is 40.8 Å². The highest BCUT2D eigenvalue weighted by molar-refractivity contribution is 5.86. The minimum Gasteiger partial charge on any atom is -0.507 e. The van der Waals surface area contributed by atoms with Gasteiger partial charge in [0.25, 0.3) is 0 Å². The normalized spacial score (nSPS) is 12.9. The van der Waals surface area contributed by atoms with Gasteiger partial charge in [0.1, 0.15) is 11.3 Å². The van der Waals surface area contributed by atoms with Crippen molar-refractivity contribution in [2.45, 2.75) is 12.4 Å². The first-order valence-electron chi connectivity index (χ1n) is 4.86. The first-order chi connectivity index (χ1) is 8.94. The largest absolute Gasteiger partial charge is 0.507 e. The van der Waals surface area contributed by atoms with Gasteiger partial charge in [-0.3, -0.25) is 0 Å². The summed E-state index contributed by atoms with van der Waals surface area (Å²) in [6, 6.07) is 0.677. The van der Waals surface area contributed by atoms with Gasteiger partial charge in [0.15, 0.2) is 0 Å². The summed E-state index contributed by atoms with van der Waals surface area (Å²) in [5.74, 6) is -3.57. The van der Waals surface area contributed by atoms with E-state index in [-0.39, 0.29) is 6.07 Å². The summed E-state index contributed by atoms with van der Waals surface area (Å²) in [5, 5.41) is 17.5. The molecule has 0 aliphatic heterocycles. The Hall–Kier alpha value is -2.19. The lowest BCUT2D eigenvalue weighted by Gasteiger charge is -2.16. The molecule has 0 aliphatic rings. The van der Waals surface area contributed by atoms with Crippen LogP contribution < -0.4 is 0 Å². The van der Waals surface area contributed by atoms with Crippen molar-refractivity contribution in [2.75, 3.05) is 0 Å². The Balaban J connectivity index is 3.57. The van der Waals surface area contributed by atoms with Gasteiger partial charge in [-0.2, -0.15) is 26.3 Å². The molecule has 1 aromatic rings. The molecule has 3 nitrogen and oxygen atoms in total. The fraction of sp³-hybridized carbons (Fsp3) is 0.182. The van der Waals surface area contributed by atoms with Crippen LogP contribution in [0.3, 0.4) is 0 Å². The number of phenolic OH excluding ortho intramolecular Hbond substituents is 1. The van der Waals surface area contributed by atoms with E-state index in [9.17, 15) is 36.2 Å². The van der Waals surface area contributed by atoms with E-state index in [1.165, 1.54) is 0 Å². The van der Waals surface area contributed by atoms with Crippen LogP contribution in [0, 0.1) is 0 Å². The van der Waals surface area contributed by atoms with E-state index in [4.69, 9.17) is 5.11 Å². The molecule has 0 saturated heterocycles. The number of hydrogen-bond acceptors (Lipinski definition) is 2. The second-order valence-corrected chi connectivity index (χ2v) is 3.59. The minimum atomic E-state index is -5.27. The fourth-order valence-electron chi connectivity index (χ4n) is 1.43. The Morgan fingerprint density at radius 3 is 2.00 bits per heavy atom. The van der Waals surface area contributed by atoms with Gasteiger partial charge < -0.3 is 10.2 Å². The van der Waals surface area contributed by atoms with Crippen molar-refractivity contribution in [2.24, 2.45) is 0 Å². The molecule has 0 aromatic heterocycles. The van der Waals surface area contributed by atoms with Crippen LogP contribution in [-0.4, -0.2) is 16.2 Å². The molecule has 110 valence electrons. The zero-order valence-electron chi connectivity index (χ0n) is 9.38. The van der Waals surface area contributed by atoms with Crippen LogP contribution in [0.1, 0.15) is 16.7 Å². The molecule has 0 unspecified atom stereocenters. The topological polar surface area (TPSA) is 57.5 Å². The van der Waals surface area contributed by atoms with E-state index in [1.54, 1.807) is 0 Å². The first kappa shape index (κ1) is 15.9. The molecule has 1 aromatic carbocycles. The van der Waals surface area contributed by atoms with E-state index in [1.807, 2.05) is 0 Å². The third-order valence-electron chi connectivity index (χ3n) is 2.20. The lowest BCUT2D eigenvalue weighted by Crippen LogP contribution is -2.13. The number of phenols is 1. The molecule has 0 bridgehead atoms. The molecule has 0 atom stereocenters. The Kier molecular flexibility index (Phi) is 4.02. The lowest BCUT2D eigenvalue weighted by atomic mass is 10.0. The van der Waals surface area contributed by atoms with Gasteiger partial charge in [0.05, 0.1) is 5.56 Å². The zero-order chi connectivity index (χ0) is 15.7. The smallest absolute Gasteiger partial charge is 0.420 e. The number of carboxylic acids is 1. The molecular weight excluding hydrogens is 294 g/mol. The van der Waals surface area contributed by atoms with Gasteiger partial charge in [0.2, 0.25) is 0 Å². The maximum Gasteiger partial charge on any atom is 0.420 e. The zero-order valence-corrected chi connectivity index (χ0v) is 9.38. The molecule has 0 radical (unpaired) electrons. The van der Waals surface area contributed by atoms with Crippen molar-refractivity contribution in [1.29, 1.82) is 0 Å². The van der Waals surface area contributed by atoms with Crippen molar-refractivity contribution in [3.8, 4) is 5.75 Å². The van der Waals surface area contributed by atoms with Gasteiger partial charge >= 0.3 is 18.3 Å². The van der Waals surface area contributed by atoms with E-state index in [0.717, 1.165) is 0 Å². The molecule has 0 amide bonds. The summed E-state index contributed by atoms with van der Waals surface area (Å²) >= 11 is 0. The second-order valence-electron chi connectivity index (χ2n) is 3.59. The average Bonchev–Trinajstić information content (AvgIpc) is 2.22. The maximum absolute atomic E-state index is 12.7. The second kappa shape index (κ2) is 5.06. The van der Waals surface area contributed by atoms with Gasteiger partial charge in [0, 0.05) is 6.08 Å². The molecule has 0 saturated carbocycles. The Bertz CT molecular complexity index is 557. The van der Waals surface area contributed by atoms with E-state index >= 15 is 0 Å². The summed E-state index contributed by atoms with van der Waals surface area (Å²) in [5.41, 5.74) is -4.67. The standard InChI is InChI=1S/C11H6F6O3/c12-10(13,14)6-3-1-5(2-4-7(18)19)8(9(6)20)11(15,16)17/h1-4,20H,(H,18,19)/b4-2+. The SMILES string of the molecule is O=C(O)/C=C/c1ccc(C(F)(F)F)c(O)c1C(F)(F)F. The number of aliphatic carboxylic acids is 1. The summed E-state index contributed by atoms with van der Waals surface area (Å²) in [4.78, 5) is 10.2. The van der Waals surface area contributed by atoms with Crippen LogP contribution in [0.4, 0.5) is 26.3 Å². The summed E-state index contributed by atoms with van der Waals surface area (Å²) in [7, 11) is 0. The summed E-state index contributed by atoms with van der Waals surface area (Å²) < 4.78 is 75.3. The number of benzene rings is 1. The monoisotopic (exact) mass is 300 g/mol. The molecule has 2 N–H and O–H groups in total. The lowest BCUT2D eigenvalue weighted by molar-refractivity contribution is -0.145. The highest BCUT2D eigenvalue weighted by Crippen LogP contribution is 2.45. The van der Waals surface area contributed by atoms with Gasteiger partial charge in [-0.25, -0.2) is 4.79 Å². The molecule has 0 fully saturated rings. The van der Waals surface area contributed by atoms with Crippen LogP contribution in [0.25, 0.3) is 6.08 Å². The Morgan fingerprint density at radius 1 is 1.05 bits per heavy atom. The fourth-order valence-corrected chi connectivity index (χ4v) is 1.43. The maximum atomic E-state index is 12.7. The van der Waals surface area contributed by atoms with Gasteiger partial charge in [-0.05, 0) is 17.7 Å². The number of hydrogen-bond donors (Lipinski definition) is 2. The molecule has 1 rings (SSSR count). The molecular formula is C11H6F6O3. The van der Waals surface area contributed by atoms with Crippen LogP contribution >= 0.6 is 0 Å². The molecule has 20 heavy (non-hydrogen) atoms. The third-order valence-corrected chi connectivity index (χ3v) is 2.20.